The van der Waals surface area contributed by atoms with Gasteiger partial charge in [0, 0.05) is 19.1 Å². The van der Waals surface area contributed by atoms with Crippen molar-refractivity contribution in [3.05, 3.63) is 40.2 Å². The van der Waals surface area contributed by atoms with Crippen LogP contribution in [-0.4, -0.2) is 32.5 Å². The molecular formula is C15H19ClN4O2S. The first-order chi connectivity index (χ1) is 10.6. The average Bonchev–Trinajstić information content (AvgIpc) is 2.45. The molecule has 0 spiro atoms. The highest BCUT2D eigenvalue weighted by molar-refractivity contribution is 7.92. The van der Waals surface area contributed by atoms with Crippen molar-refractivity contribution in [1.29, 1.82) is 0 Å². The van der Waals surface area contributed by atoms with Gasteiger partial charge in [0.25, 0.3) is 10.0 Å². The van der Waals surface area contributed by atoms with Crippen molar-refractivity contribution in [3.63, 3.8) is 0 Å². The summed E-state index contributed by atoms with van der Waals surface area (Å²) in [5.41, 5.74) is 2.31. The molecule has 0 aliphatic carbocycles. The van der Waals surface area contributed by atoms with E-state index in [0.29, 0.717) is 28.0 Å². The zero-order chi connectivity index (χ0) is 17.4. The molecule has 2 rings (SSSR count). The molecule has 1 aromatic heterocycles. The predicted molar refractivity (Wildman–Crippen MR) is 92.8 cm³/mol. The average molecular weight is 355 g/mol. The van der Waals surface area contributed by atoms with E-state index in [4.69, 9.17) is 11.6 Å². The zero-order valence-electron chi connectivity index (χ0n) is 13.7. The lowest BCUT2D eigenvalue weighted by atomic mass is 10.2. The van der Waals surface area contributed by atoms with Gasteiger partial charge >= 0.3 is 0 Å². The predicted octanol–water partition coefficient (Wildman–Crippen LogP) is 2.92. The van der Waals surface area contributed by atoms with Crippen molar-refractivity contribution >= 4 is 33.3 Å². The Labute approximate surface area is 141 Å². The van der Waals surface area contributed by atoms with Gasteiger partial charge in [-0.05, 0) is 38.5 Å². The molecule has 2 aromatic rings. The van der Waals surface area contributed by atoms with E-state index in [-0.39, 0.29) is 4.90 Å². The van der Waals surface area contributed by atoms with Gasteiger partial charge in [-0.1, -0.05) is 17.7 Å². The van der Waals surface area contributed by atoms with Crippen LogP contribution in [0.1, 0.15) is 17.0 Å². The summed E-state index contributed by atoms with van der Waals surface area (Å²) >= 11 is 6.02. The van der Waals surface area contributed by atoms with Gasteiger partial charge in [0.1, 0.15) is 0 Å². The molecular weight excluding hydrogens is 336 g/mol. The Balaban J connectivity index is 2.43. The minimum Gasteiger partial charge on any atom is -0.347 e. The maximum atomic E-state index is 12.6. The minimum absolute atomic E-state index is 0.101. The second-order valence-electron chi connectivity index (χ2n) is 5.48. The van der Waals surface area contributed by atoms with Crippen LogP contribution in [0, 0.1) is 20.8 Å². The normalized spacial score (nSPS) is 11.4. The first-order valence-electron chi connectivity index (χ1n) is 6.93. The number of aryl methyl sites for hydroxylation is 3. The third kappa shape index (κ3) is 3.73. The highest BCUT2D eigenvalue weighted by Gasteiger charge is 2.19. The van der Waals surface area contributed by atoms with Crippen molar-refractivity contribution < 1.29 is 8.42 Å². The van der Waals surface area contributed by atoms with Crippen molar-refractivity contribution in [2.45, 2.75) is 25.7 Å². The number of nitrogens with zero attached hydrogens (tertiary/aromatic N) is 3. The second-order valence-corrected chi connectivity index (χ2v) is 7.57. The Hall–Kier alpha value is -1.86. The van der Waals surface area contributed by atoms with E-state index in [1.165, 1.54) is 12.1 Å². The molecule has 1 heterocycles. The molecule has 0 saturated heterocycles. The first-order valence-corrected chi connectivity index (χ1v) is 8.79. The van der Waals surface area contributed by atoms with Crippen LogP contribution in [0.5, 0.6) is 0 Å². The fraction of sp³-hybridized carbons (Fsp3) is 0.333. The number of benzene rings is 1. The highest BCUT2D eigenvalue weighted by atomic mass is 35.5. The smallest absolute Gasteiger partial charge is 0.262 e. The Bertz CT molecular complexity index is 828. The van der Waals surface area contributed by atoms with Crippen LogP contribution in [0.4, 0.5) is 11.6 Å². The van der Waals surface area contributed by atoms with E-state index in [0.717, 1.165) is 5.56 Å². The number of rotatable bonds is 4. The molecule has 6 nitrogen and oxygen atoms in total. The summed E-state index contributed by atoms with van der Waals surface area (Å²) in [5.74, 6) is 0.529. The number of hydrogen-bond acceptors (Lipinski definition) is 5. The number of nitrogens with one attached hydrogen (secondary N) is 1. The van der Waals surface area contributed by atoms with Gasteiger partial charge < -0.3 is 4.90 Å². The third-order valence-electron chi connectivity index (χ3n) is 3.35. The molecule has 0 unspecified atom stereocenters. The molecule has 0 aliphatic heterocycles. The fourth-order valence-corrected chi connectivity index (χ4v) is 3.43. The number of sulfonamides is 1. The molecule has 124 valence electrons. The van der Waals surface area contributed by atoms with E-state index in [9.17, 15) is 8.42 Å². The SMILES string of the molecule is Cc1ccc(S(=O)(=O)Nc2c(C)nc(N(C)C)nc2C)cc1Cl. The van der Waals surface area contributed by atoms with E-state index in [1.807, 2.05) is 21.0 Å². The quantitative estimate of drug-likeness (QED) is 0.913. The lowest BCUT2D eigenvalue weighted by molar-refractivity contribution is 0.601. The molecule has 0 aliphatic rings. The van der Waals surface area contributed by atoms with Crippen LogP contribution in [0.25, 0.3) is 0 Å². The first kappa shape index (κ1) is 17.5. The standard InChI is InChI=1S/C15H19ClN4O2S/c1-9-6-7-12(8-13(9)16)23(21,22)19-14-10(2)17-15(20(4)5)18-11(14)3/h6-8,19H,1-5H3. The van der Waals surface area contributed by atoms with Gasteiger partial charge in [-0.2, -0.15) is 0 Å². The van der Waals surface area contributed by atoms with Crippen LogP contribution in [-0.2, 0) is 10.0 Å². The molecule has 0 radical (unpaired) electrons. The van der Waals surface area contributed by atoms with Crippen LogP contribution in [0.3, 0.4) is 0 Å². The van der Waals surface area contributed by atoms with E-state index >= 15 is 0 Å². The Morgan fingerprint density at radius 3 is 2.13 bits per heavy atom. The monoisotopic (exact) mass is 354 g/mol. The summed E-state index contributed by atoms with van der Waals surface area (Å²) in [4.78, 5) is 10.5. The van der Waals surface area contributed by atoms with Gasteiger partial charge in [-0.3, -0.25) is 4.72 Å². The molecule has 1 aromatic carbocycles. The molecule has 0 bridgehead atoms. The summed E-state index contributed by atoms with van der Waals surface area (Å²) in [7, 11) is -0.107. The molecule has 0 amide bonds. The summed E-state index contributed by atoms with van der Waals surface area (Å²) in [6, 6.07) is 4.62. The van der Waals surface area contributed by atoms with Gasteiger partial charge in [0.2, 0.25) is 5.95 Å². The Morgan fingerprint density at radius 1 is 1.09 bits per heavy atom. The number of halogens is 1. The van der Waals surface area contributed by atoms with Crippen molar-refractivity contribution in [2.24, 2.45) is 0 Å². The van der Waals surface area contributed by atoms with Gasteiger partial charge in [0.15, 0.2) is 0 Å². The number of aromatic nitrogens is 2. The van der Waals surface area contributed by atoms with Crippen molar-refractivity contribution in [3.8, 4) is 0 Å². The largest absolute Gasteiger partial charge is 0.347 e. The number of hydrogen-bond donors (Lipinski definition) is 1. The zero-order valence-corrected chi connectivity index (χ0v) is 15.2. The Morgan fingerprint density at radius 2 is 1.65 bits per heavy atom. The van der Waals surface area contributed by atoms with E-state index < -0.39 is 10.0 Å². The Kier molecular flexibility index (Phi) is 4.81. The van der Waals surface area contributed by atoms with Gasteiger partial charge in [0.05, 0.1) is 22.0 Å². The van der Waals surface area contributed by atoms with Crippen LogP contribution in [0.2, 0.25) is 5.02 Å². The molecule has 0 saturated carbocycles. The van der Waals surface area contributed by atoms with Gasteiger partial charge in [-0.15, -0.1) is 0 Å². The topological polar surface area (TPSA) is 75.2 Å². The number of anilines is 2. The van der Waals surface area contributed by atoms with Crippen molar-refractivity contribution in [2.75, 3.05) is 23.7 Å². The molecule has 23 heavy (non-hydrogen) atoms. The van der Waals surface area contributed by atoms with Crippen LogP contribution >= 0.6 is 11.6 Å². The third-order valence-corrected chi connectivity index (χ3v) is 5.10. The van der Waals surface area contributed by atoms with E-state index in [2.05, 4.69) is 14.7 Å². The summed E-state index contributed by atoms with van der Waals surface area (Å²) in [5, 5.41) is 0.403. The summed E-state index contributed by atoms with van der Waals surface area (Å²) in [6.45, 7) is 5.29. The van der Waals surface area contributed by atoms with Crippen LogP contribution < -0.4 is 9.62 Å². The van der Waals surface area contributed by atoms with E-state index in [1.54, 1.807) is 24.8 Å². The maximum absolute atomic E-state index is 12.6. The lowest BCUT2D eigenvalue weighted by Crippen LogP contribution is -2.19. The second kappa shape index (κ2) is 6.33. The highest BCUT2D eigenvalue weighted by Crippen LogP contribution is 2.25. The van der Waals surface area contributed by atoms with Gasteiger partial charge in [-0.25, -0.2) is 18.4 Å². The minimum atomic E-state index is -3.76. The maximum Gasteiger partial charge on any atom is 0.262 e. The van der Waals surface area contributed by atoms with Crippen molar-refractivity contribution in [1.82, 2.24) is 9.97 Å². The molecule has 8 heteroatoms. The summed E-state index contributed by atoms with van der Waals surface area (Å²) in [6.07, 6.45) is 0. The lowest BCUT2D eigenvalue weighted by Gasteiger charge is -2.16. The fourth-order valence-electron chi connectivity index (χ4n) is 1.98. The van der Waals surface area contributed by atoms with Crippen LogP contribution in [0.15, 0.2) is 23.1 Å². The molecule has 1 N–H and O–H groups in total. The summed E-state index contributed by atoms with van der Waals surface area (Å²) < 4.78 is 27.7. The molecule has 0 atom stereocenters. The molecule has 0 fully saturated rings.